The van der Waals surface area contributed by atoms with Crippen LogP contribution in [0.2, 0.25) is 0 Å². The molecule has 0 aliphatic heterocycles. The van der Waals surface area contributed by atoms with Crippen LogP contribution in [-0.2, 0) is 21.3 Å². The molecule has 0 fully saturated rings. The number of carbonyl (C=O) groups is 1. The summed E-state index contributed by atoms with van der Waals surface area (Å²) in [6, 6.07) is 7.42. The molecule has 0 spiro atoms. The number of ether oxygens (including phenoxy) is 4. The summed E-state index contributed by atoms with van der Waals surface area (Å²) < 4.78 is 34.0. The Morgan fingerprint density at radius 3 is 2.22 bits per heavy atom. The maximum atomic E-state index is 12.7. The predicted molar refractivity (Wildman–Crippen MR) is 124 cm³/mol. The van der Waals surface area contributed by atoms with Crippen LogP contribution in [0.1, 0.15) is 11.1 Å². The molecule has 2 aromatic rings. The lowest BCUT2D eigenvalue weighted by molar-refractivity contribution is -0.118. The molecule has 2 atom stereocenters. The van der Waals surface area contributed by atoms with Crippen molar-refractivity contribution in [3.8, 4) is 23.0 Å². The number of amides is 1. The van der Waals surface area contributed by atoms with E-state index in [1.54, 1.807) is 43.5 Å². The van der Waals surface area contributed by atoms with E-state index in [4.69, 9.17) is 29.8 Å². The van der Waals surface area contributed by atoms with Crippen LogP contribution in [-0.4, -0.2) is 56.3 Å². The first-order valence-corrected chi connectivity index (χ1v) is 10.9. The number of aliphatic hydroxyl groups is 1. The van der Waals surface area contributed by atoms with E-state index < -0.39 is 29.4 Å². The van der Waals surface area contributed by atoms with Crippen molar-refractivity contribution in [3.63, 3.8) is 0 Å². The van der Waals surface area contributed by atoms with Gasteiger partial charge in [0, 0.05) is 17.5 Å². The average Bonchev–Trinajstić information content (AvgIpc) is 2.81. The summed E-state index contributed by atoms with van der Waals surface area (Å²) in [6.07, 6.45) is 1.67. The topological polar surface area (TPSA) is 129 Å². The molecule has 2 rings (SSSR count). The lowest BCUT2D eigenvalue weighted by atomic mass is 10.1. The van der Waals surface area contributed by atoms with E-state index in [1.165, 1.54) is 26.7 Å². The number of hydrogen-bond acceptors (Lipinski definition) is 8. The Balaban J connectivity index is 2.22. The Bertz CT molecular complexity index is 969. The minimum Gasteiger partial charge on any atom is -0.496 e. The zero-order valence-electron chi connectivity index (χ0n) is 18.4. The van der Waals surface area contributed by atoms with E-state index >= 15 is 0 Å². The van der Waals surface area contributed by atoms with Crippen LogP contribution in [0.4, 0.5) is 5.69 Å². The number of benzene rings is 2. The van der Waals surface area contributed by atoms with E-state index in [1.807, 2.05) is 0 Å². The quantitative estimate of drug-likeness (QED) is 0.460. The third-order valence-electron chi connectivity index (χ3n) is 4.50. The average molecular weight is 465 g/mol. The lowest BCUT2D eigenvalue weighted by Gasteiger charge is -2.14. The van der Waals surface area contributed by atoms with Gasteiger partial charge in [-0.05, 0) is 23.8 Å². The second-order valence-electron chi connectivity index (χ2n) is 6.59. The third kappa shape index (κ3) is 6.46. The van der Waals surface area contributed by atoms with Crippen molar-refractivity contribution in [1.29, 1.82) is 0 Å². The molecule has 0 radical (unpaired) electrons. The molecule has 174 valence electrons. The molecule has 0 aliphatic rings. The minimum absolute atomic E-state index is 0.191. The molecule has 0 heterocycles. The Morgan fingerprint density at radius 2 is 1.69 bits per heavy atom. The molecule has 2 aromatic carbocycles. The molecule has 0 saturated heterocycles. The largest absolute Gasteiger partial charge is 0.496 e. The second-order valence-corrected chi connectivity index (χ2v) is 7.91. The Kier molecular flexibility index (Phi) is 9.51. The Labute approximate surface area is 189 Å². The molecule has 32 heavy (non-hydrogen) atoms. The molecule has 1 amide bonds. The summed E-state index contributed by atoms with van der Waals surface area (Å²) in [5.74, 6) is 1.67. The van der Waals surface area contributed by atoms with E-state index in [2.05, 4.69) is 5.32 Å². The molecular formula is C22H28N2O7S. The van der Waals surface area contributed by atoms with E-state index in [0.29, 0.717) is 39.8 Å². The van der Waals surface area contributed by atoms with Crippen LogP contribution in [0, 0.1) is 0 Å². The number of hydrogen-bond donors (Lipinski definition) is 3. The highest BCUT2D eigenvalue weighted by Gasteiger charge is 2.15. The fourth-order valence-corrected chi connectivity index (χ4v) is 3.70. The summed E-state index contributed by atoms with van der Waals surface area (Å²) in [4.78, 5) is 12.0. The van der Waals surface area contributed by atoms with Crippen LogP contribution in [0.3, 0.4) is 0 Å². The summed E-state index contributed by atoms with van der Waals surface area (Å²) in [5, 5.41) is 13.2. The van der Waals surface area contributed by atoms with Crippen molar-refractivity contribution in [2.45, 2.75) is 11.8 Å². The highest BCUT2D eigenvalue weighted by Crippen LogP contribution is 2.35. The molecule has 1 unspecified atom stereocenters. The van der Waals surface area contributed by atoms with Gasteiger partial charge in [-0.25, -0.2) is 0 Å². The monoisotopic (exact) mass is 464 g/mol. The van der Waals surface area contributed by atoms with Gasteiger partial charge >= 0.3 is 0 Å². The predicted octanol–water partition coefficient (Wildman–Crippen LogP) is 1.90. The summed E-state index contributed by atoms with van der Waals surface area (Å²) >= 11 is 0. The second kappa shape index (κ2) is 12.1. The van der Waals surface area contributed by atoms with Crippen molar-refractivity contribution in [3.05, 3.63) is 46.9 Å². The van der Waals surface area contributed by atoms with Gasteiger partial charge in [0.15, 0.2) is 0 Å². The van der Waals surface area contributed by atoms with Gasteiger partial charge in [-0.3, -0.25) is 9.00 Å². The standard InChI is InChI=1S/C22H28N2O7S/c1-28-15-10-20(30-3)16(21(11-15)31-4)7-8-32(27)13-14-5-6-19(29-2)18(9-14)24-22(26)17(23)12-25/h5-11,17,25H,12-13,23H2,1-4H3,(H,24,26)/t17-,32?/m0/s1. The van der Waals surface area contributed by atoms with Gasteiger partial charge in [0.25, 0.3) is 0 Å². The third-order valence-corrected chi connectivity index (χ3v) is 5.56. The van der Waals surface area contributed by atoms with E-state index in [0.717, 1.165) is 0 Å². The zero-order valence-corrected chi connectivity index (χ0v) is 19.2. The number of nitrogens with one attached hydrogen (secondary N) is 1. The van der Waals surface area contributed by atoms with Crippen LogP contribution < -0.4 is 30.0 Å². The van der Waals surface area contributed by atoms with Crippen molar-refractivity contribution in [2.75, 3.05) is 40.4 Å². The van der Waals surface area contributed by atoms with Gasteiger partial charge in [-0.1, -0.05) is 6.07 Å². The van der Waals surface area contributed by atoms with Gasteiger partial charge in [-0.2, -0.15) is 0 Å². The number of carbonyl (C=O) groups excluding carboxylic acids is 1. The molecule has 4 N–H and O–H groups in total. The SMILES string of the molecule is COc1cc(OC)c(C=CS(=O)Cc2ccc(OC)c(NC(=O)[C@@H](N)CO)c2)c(OC)c1. The Hall–Kier alpha value is -3.08. The Morgan fingerprint density at radius 1 is 1.06 bits per heavy atom. The van der Waals surface area contributed by atoms with Crippen LogP contribution in [0.15, 0.2) is 35.7 Å². The highest BCUT2D eigenvalue weighted by molar-refractivity contribution is 7.87. The van der Waals surface area contributed by atoms with Crippen molar-refractivity contribution < 1.29 is 33.1 Å². The lowest BCUT2D eigenvalue weighted by Crippen LogP contribution is -2.38. The molecule has 0 bridgehead atoms. The van der Waals surface area contributed by atoms with Crippen LogP contribution >= 0.6 is 0 Å². The number of anilines is 1. The van der Waals surface area contributed by atoms with Gasteiger partial charge in [-0.15, -0.1) is 0 Å². The fraction of sp³-hybridized carbons (Fsp3) is 0.318. The molecule has 0 aliphatic carbocycles. The normalized spacial score (nSPS) is 12.8. The van der Waals surface area contributed by atoms with Gasteiger partial charge in [0.05, 0.1) is 62.8 Å². The first-order chi connectivity index (χ1) is 15.4. The summed E-state index contributed by atoms with van der Waals surface area (Å²) in [5.41, 5.74) is 7.25. The summed E-state index contributed by atoms with van der Waals surface area (Å²) in [7, 11) is 4.68. The van der Waals surface area contributed by atoms with E-state index in [-0.39, 0.29) is 5.75 Å². The first kappa shape index (κ1) is 25.2. The number of methoxy groups -OCH3 is 4. The van der Waals surface area contributed by atoms with Crippen molar-refractivity contribution in [1.82, 2.24) is 0 Å². The first-order valence-electron chi connectivity index (χ1n) is 9.56. The molecule has 9 nitrogen and oxygen atoms in total. The number of rotatable bonds is 11. The smallest absolute Gasteiger partial charge is 0.243 e. The van der Waals surface area contributed by atoms with Gasteiger partial charge in [0.1, 0.15) is 29.0 Å². The van der Waals surface area contributed by atoms with Crippen LogP contribution in [0.5, 0.6) is 23.0 Å². The van der Waals surface area contributed by atoms with Gasteiger partial charge < -0.3 is 35.1 Å². The molecule has 10 heteroatoms. The fourth-order valence-electron chi connectivity index (χ4n) is 2.80. The number of aliphatic hydroxyl groups excluding tert-OH is 1. The molecular weight excluding hydrogens is 436 g/mol. The van der Waals surface area contributed by atoms with Gasteiger partial charge in [0.2, 0.25) is 5.91 Å². The zero-order chi connectivity index (χ0) is 23.7. The summed E-state index contributed by atoms with van der Waals surface area (Å²) in [6.45, 7) is -0.485. The van der Waals surface area contributed by atoms with E-state index in [9.17, 15) is 9.00 Å². The molecule has 0 aromatic heterocycles. The minimum atomic E-state index is -1.38. The maximum Gasteiger partial charge on any atom is 0.243 e. The number of nitrogens with two attached hydrogens (primary N) is 1. The molecule has 0 saturated carbocycles. The van der Waals surface area contributed by atoms with Crippen molar-refractivity contribution in [2.24, 2.45) is 5.73 Å². The van der Waals surface area contributed by atoms with Crippen molar-refractivity contribution >= 4 is 28.5 Å². The van der Waals surface area contributed by atoms with Crippen LogP contribution in [0.25, 0.3) is 6.08 Å². The maximum absolute atomic E-state index is 12.7. The highest BCUT2D eigenvalue weighted by atomic mass is 32.2.